The quantitative estimate of drug-likeness (QED) is 0.804. The van der Waals surface area contributed by atoms with Gasteiger partial charge in [-0.15, -0.1) is 0 Å². The SMILES string of the molecule is CCNS(=O)(=O)CCNC(C)c1cc(C)ccc1C. The normalized spacial score (nSPS) is 13.5. The van der Waals surface area contributed by atoms with Crippen LogP contribution in [0.25, 0.3) is 0 Å². The molecule has 0 aromatic heterocycles. The summed E-state index contributed by atoms with van der Waals surface area (Å²) >= 11 is 0. The van der Waals surface area contributed by atoms with E-state index < -0.39 is 10.0 Å². The van der Waals surface area contributed by atoms with Crippen LogP contribution in [0.4, 0.5) is 0 Å². The third-order valence-corrected chi connectivity index (χ3v) is 4.56. The van der Waals surface area contributed by atoms with Crippen molar-refractivity contribution < 1.29 is 8.42 Å². The Morgan fingerprint density at radius 1 is 1.26 bits per heavy atom. The fourth-order valence-corrected chi connectivity index (χ4v) is 3.01. The highest BCUT2D eigenvalue weighted by atomic mass is 32.2. The van der Waals surface area contributed by atoms with Crippen molar-refractivity contribution in [3.8, 4) is 0 Å². The van der Waals surface area contributed by atoms with Crippen molar-refractivity contribution in [2.24, 2.45) is 0 Å². The molecule has 1 aromatic rings. The predicted octanol–water partition coefficient (Wildman–Crippen LogP) is 1.89. The highest BCUT2D eigenvalue weighted by molar-refractivity contribution is 7.89. The van der Waals surface area contributed by atoms with Gasteiger partial charge in [-0.2, -0.15) is 0 Å². The Balaban J connectivity index is 2.56. The van der Waals surface area contributed by atoms with Crippen LogP contribution in [-0.4, -0.2) is 27.3 Å². The molecule has 0 heterocycles. The van der Waals surface area contributed by atoms with E-state index in [0.29, 0.717) is 13.1 Å². The molecule has 0 saturated carbocycles. The van der Waals surface area contributed by atoms with E-state index in [1.165, 1.54) is 16.7 Å². The zero-order chi connectivity index (χ0) is 14.5. The maximum Gasteiger partial charge on any atom is 0.212 e. The molecule has 0 fully saturated rings. The summed E-state index contributed by atoms with van der Waals surface area (Å²) in [6, 6.07) is 6.47. The summed E-state index contributed by atoms with van der Waals surface area (Å²) < 4.78 is 25.5. The van der Waals surface area contributed by atoms with Crippen LogP contribution in [0.2, 0.25) is 0 Å². The first kappa shape index (κ1) is 16.1. The van der Waals surface area contributed by atoms with E-state index in [9.17, 15) is 8.42 Å². The Hall–Kier alpha value is -0.910. The summed E-state index contributed by atoms with van der Waals surface area (Å²) in [5, 5.41) is 3.26. The highest BCUT2D eigenvalue weighted by Gasteiger charge is 2.11. The van der Waals surface area contributed by atoms with E-state index in [4.69, 9.17) is 0 Å². The number of hydrogen-bond acceptors (Lipinski definition) is 3. The molecular weight excluding hydrogens is 260 g/mol. The average Bonchev–Trinajstić information content (AvgIpc) is 2.31. The summed E-state index contributed by atoms with van der Waals surface area (Å²) in [6.07, 6.45) is 0. The maximum absolute atomic E-state index is 11.5. The molecule has 2 N–H and O–H groups in total. The van der Waals surface area contributed by atoms with Crippen LogP contribution in [0.3, 0.4) is 0 Å². The van der Waals surface area contributed by atoms with Gasteiger partial charge >= 0.3 is 0 Å². The molecule has 1 aromatic carbocycles. The van der Waals surface area contributed by atoms with Crippen molar-refractivity contribution in [3.63, 3.8) is 0 Å². The first-order valence-electron chi connectivity index (χ1n) is 6.63. The Bertz CT molecular complexity index is 512. The van der Waals surface area contributed by atoms with Gasteiger partial charge in [0.05, 0.1) is 5.75 Å². The van der Waals surface area contributed by atoms with Crippen molar-refractivity contribution >= 4 is 10.0 Å². The van der Waals surface area contributed by atoms with Crippen molar-refractivity contribution in [3.05, 3.63) is 34.9 Å². The fourth-order valence-electron chi connectivity index (χ4n) is 2.04. The van der Waals surface area contributed by atoms with Crippen LogP contribution in [0.1, 0.15) is 36.6 Å². The summed E-state index contributed by atoms with van der Waals surface area (Å²) in [6.45, 7) is 8.86. The topological polar surface area (TPSA) is 58.2 Å². The Morgan fingerprint density at radius 2 is 1.95 bits per heavy atom. The van der Waals surface area contributed by atoms with E-state index in [1.54, 1.807) is 6.92 Å². The first-order chi connectivity index (χ1) is 8.85. The van der Waals surface area contributed by atoms with Crippen molar-refractivity contribution in [1.29, 1.82) is 0 Å². The highest BCUT2D eigenvalue weighted by Crippen LogP contribution is 2.18. The lowest BCUT2D eigenvalue weighted by Gasteiger charge is -2.17. The Kier molecular flexibility index (Phi) is 5.97. The van der Waals surface area contributed by atoms with Crippen molar-refractivity contribution in [1.82, 2.24) is 10.0 Å². The van der Waals surface area contributed by atoms with Crippen LogP contribution in [0.5, 0.6) is 0 Å². The molecule has 4 nitrogen and oxygen atoms in total. The number of sulfonamides is 1. The smallest absolute Gasteiger partial charge is 0.212 e. The molecule has 5 heteroatoms. The average molecular weight is 284 g/mol. The minimum atomic E-state index is -3.14. The van der Waals surface area contributed by atoms with Gasteiger partial charge in [0.2, 0.25) is 10.0 Å². The number of benzene rings is 1. The van der Waals surface area contributed by atoms with Crippen LogP contribution in [-0.2, 0) is 10.0 Å². The van der Waals surface area contributed by atoms with Crippen LogP contribution < -0.4 is 10.0 Å². The van der Waals surface area contributed by atoms with E-state index in [0.717, 1.165) is 0 Å². The standard InChI is InChI=1S/C14H24N2O2S/c1-5-16-19(17,18)9-8-15-13(4)14-10-11(2)6-7-12(14)3/h6-7,10,13,15-16H,5,8-9H2,1-4H3. The zero-order valence-electron chi connectivity index (χ0n) is 12.2. The van der Waals surface area contributed by atoms with Crippen molar-refractivity contribution in [2.45, 2.75) is 33.7 Å². The molecule has 0 spiro atoms. The molecule has 108 valence electrons. The van der Waals surface area contributed by atoms with Gasteiger partial charge < -0.3 is 5.32 Å². The van der Waals surface area contributed by atoms with Gasteiger partial charge in [-0.3, -0.25) is 0 Å². The van der Waals surface area contributed by atoms with Gasteiger partial charge in [0, 0.05) is 19.1 Å². The Labute approximate surface area is 116 Å². The molecule has 1 rings (SSSR count). The summed E-state index contributed by atoms with van der Waals surface area (Å²) in [4.78, 5) is 0. The second-order valence-corrected chi connectivity index (χ2v) is 6.78. The third-order valence-electron chi connectivity index (χ3n) is 3.09. The van der Waals surface area contributed by atoms with Gasteiger partial charge in [-0.25, -0.2) is 13.1 Å². The molecule has 1 unspecified atom stereocenters. The van der Waals surface area contributed by atoms with Gasteiger partial charge in [0.15, 0.2) is 0 Å². The molecule has 0 aliphatic rings. The number of aryl methyl sites for hydroxylation is 2. The second-order valence-electron chi connectivity index (χ2n) is 4.85. The van der Waals surface area contributed by atoms with E-state index in [1.807, 2.05) is 0 Å². The van der Waals surface area contributed by atoms with Crippen LogP contribution in [0, 0.1) is 13.8 Å². The molecule has 1 atom stereocenters. The summed E-state index contributed by atoms with van der Waals surface area (Å²) in [5.41, 5.74) is 3.66. The van der Waals surface area contributed by atoms with E-state index in [-0.39, 0.29) is 11.8 Å². The van der Waals surface area contributed by atoms with Gasteiger partial charge in [0.25, 0.3) is 0 Å². The molecule has 0 bridgehead atoms. The first-order valence-corrected chi connectivity index (χ1v) is 8.29. The number of hydrogen-bond donors (Lipinski definition) is 2. The van der Waals surface area contributed by atoms with Crippen LogP contribution >= 0.6 is 0 Å². The minimum absolute atomic E-state index is 0.107. The lowest BCUT2D eigenvalue weighted by Crippen LogP contribution is -2.32. The largest absolute Gasteiger partial charge is 0.309 e. The maximum atomic E-state index is 11.5. The van der Waals surface area contributed by atoms with Gasteiger partial charge in [-0.05, 0) is 31.9 Å². The monoisotopic (exact) mass is 284 g/mol. The fraction of sp³-hybridized carbons (Fsp3) is 0.571. The molecule has 0 saturated heterocycles. The molecule has 0 aliphatic heterocycles. The van der Waals surface area contributed by atoms with E-state index in [2.05, 4.69) is 49.0 Å². The van der Waals surface area contributed by atoms with Crippen molar-refractivity contribution in [2.75, 3.05) is 18.8 Å². The molecule has 0 radical (unpaired) electrons. The number of rotatable bonds is 7. The second kappa shape index (κ2) is 7.03. The minimum Gasteiger partial charge on any atom is -0.309 e. The molecule has 0 aliphatic carbocycles. The van der Waals surface area contributed by atoms with E-state index >= 15 is 0 Å². The molecular formula is C14H24N2O2S. The Morgan fingerprint density at radius 3 is 2.58 bits per heavy atom. The third kappa shape index (κ3) is 5.30. The van der Waals surface area contributed by atoms with Crippen LogP contribution in [0.15, 0.2) is 18.2 Å². The molecule has 19 heavy (non-hydrogen) atoms. The molecule has 0 amide bonds. The lowest BCUT2D eigenvalue weighted by molar-refractivity contribution is 0.563. The predicted molar refractivity (Wildman–Crippen MR) is 79.8 cm³/mol. The van der Waals surface area contributed by atoms with Gasteiger partial charge in [0.1, 0.15) is 0 Å². The summed E-state index contributed by atoms with van der Waals surface area (Å²) in [7, 11) is -3.14. The van der Waals surface area contributed by atoms with Gasteiger partial charge in [-0.1, -0.05) is 30.7 Å². The lowest BCUT2D eigenvalue weighted by atomic mass is 10.00. The summed E-state index contributed by atoms with van der Waals surface area (Å²) in [5.74, 6) is 0.107. The number of nitrogens with one attached hydrogen (secondary N) is 2. The zero-order valence-corrected chi connectivity index (χ0v) is 13.0.